The van der Waals surface area contributed by atoms with Crippen molar-refractivity contribution in [3.8, 4) is 0 Å². The van der Waals surface area contributed by atoms with Gasteiger partial charge in [-0.25, -0.2) is 9.97 Å². The second-order valence-corrected chi connectivity index (χ2v) is 7.22. The standard InChI is InChI=1S/C12H13BrN6S/c1-7-15-10-8-6-9(13)20-11(8)16-12(19(10)17-7)18-4-2-14-3-5-18/h6,14H,2-5H2,1H3. The van der Waals surface area contributed by atoms with E-state index in [-0.39, 0.29) is 0 Å². The van der Waals surface area contributed by atoms with Crippen LogP contribution in [0.2, 0.25) is 0 Å². The second-order valence-electron chi connectivity index (χ2n) is 4.81. The zero-order chi connectivity index (χ0) is 13.7. The van der Waals surface area contributed by atoms with Gasteiger partial charge in [0, 0.05) is 26.2 Å². The average molecular weight is 353 g/mol. The van der Waals surface area contributed by atoms with Crippen molar-refractivity contribution in [2.75, 3.05) is 31.1 Å². The molecule has 20 heavy (non-hydrogen) atoms. The van der Waals surface area contributed by atoms with Crippen LogP contribution >= 0.6 is 27.3 Å². The van der Waals surface area contributed by atoms with E-state index in [1.54, 1.807) is 11.3 Å². The molecule has 0 bridgehead atoms. The third-order valence-corrected chi connectivity index (χ3v) is 4.96. The molecule has 1 N–H and O–H groups in total. The van der Waals surface area contributed by atoms with Gasteiger partial charge in [0.25, 0.3) is 0 Å². The predicted octanol–water partition coefficient (Wildman–Crippen LogP) is 1.82. The Balaban J connectivity index is 2.01. The Bertz CT molecular complexity index is 788. The molecule has 1 fully saturated rings. The first kappa shape index (κ1) is 12.5. The van der Waals surface area contributed by atoms with Gasteiger partial charge in [-0.2, -0.15) is 4.52 Å². The number of nitrogens with zero attached hydrogens (tertiary/aromatic N) is 5. The second kappa shape index (κ2) is 4.64. The van der Waals surface area contributed by atoms with Crippen LogP contribution in [0.3, 0.4) is 0 Å². The van der Waals surface area contributed by atoms with Crippen molar-refractivity contribution in [3.63, 3.8) is 0 Å². The first-order chi connectivity index (χ1) is 9.72. The molecule has 3 aromatic rings. The van der Waals surface area contributed by atoms with Crippen molar-refractivity contribution >= 4 is 49.1 Å². The summed E-state index contributed by atoms with van der Waals surface area (Å²) in [6, 6.07) is 2.07. The Morgan fingerprint density at radius 1 is 1.30 bits per heavy atom. The zero-order valence-corrected chi connectivity index (χ0v) is 13.3. The van der Waals surface area contributed by atoms with Gasteiger partial charge < -0.3 is 10.2 Å². The molecule has 0 atom stereocenters. The van der Waals surface area contributed by atoms with Gasteiger partial charge in [0.05, 0.1) is 9.17 Å². The van der Waals surface area contributed by atoms with E-state index in [1.807, 2.05) is 11.4 Å². The molecule has 0 amide bonds. The summed E-state index contributed by atoms with van der Waals surface area (Å²) in [5, 5.41) is 8.93. The summed E-state index contributed by atoms with van der Waals surface area (Å²) in [7, 11) is 0. The number of thiophene rings is 1. The third-order valence-electron chi connectivity index (χ3n) is 3.43. The van der Waals surface area contributed by atoms with E-state index >= 15 is 0 Å². The lowest BCUT2D eigenvalue weighted by Crippen LogP contribution is -2.44. The molecule has 1 aliphatic heterocycles. The molecule has 4 rings (SSSR count). The van der Waals surface area contributed by atoms with Crippen LogP contribution in [-0.4, -0.2) is 45.8 Å². The highest BCUT2D eigenvalue weighted by Gasteiger charge is 2.20. The van der Waals surface area contributed by atoms with Crippen molar-refractivity contribution in [1.82, 2.24) is 24.9 Å². The predicted molar refractivity (Wildman–Crippen MR) is 83.7 cm³/mol. The van der Waals surface area contributed by atoms with Gasteiger partial charge in [-0.1, -0.05) is 0 Å². The summed E-state index contributed by atoms with van der Waals surface area (Å²) in [5.74, 6) is 1.67. The lowest BCUT2D eigenvalue weighted by molar-refractivity contribution is 0.575. The van der Waals surface area contributed by atoms with Crippen molar-refractivity contribution in [2.45, 2.75) is 6.92 Å². The molecule has 1 aliphatic rings. The molecule has 0 radical (unpaired) electrons. The van der Waals surface area contributed by atoms with Gasteiger partial charge in [0.2, 0.25) is 5.95 Å². The summed E-state index contributed by atoms with van der Waals surface area (Å²) < 4.78 is 2.95. The maximum absolute atomic E-state index is 4.81. The van der Waals surface area contributed by atoms with E-state index in [2.05, 4.69) is 42.3 Å². The van der Waals surface area contributed by atoms with Gasteiger partial charge >= 0.3 is 0 Å². The summed E-state index contributed by atoms with van der Waals surface area (Å²) in [5.41, 5.74) is 0.892. The first-order valence-corrected chi connectivity index (χ1v) is 8.11. The number of rotatable bonds is 1. The van der Waals surface area contributed by atoms with Gasteiger partial charge in [-0.3, -0.25) is 0 Å². The molecular weight excluding hydrogens is 340 g/mol. The number of aryl methyl sites for hydroxylation is 1. The molecule has 104 valence electrons. The Hall–Kier alpha value is -1.25. The maximum atomic E-state index is 4.81. The van der Waals surface area contributed by atoms with E-state index in [9.17, 15) is 0 Å². The smallest absolute Gasteiger partial charge is 0.230 e. The summed E-state index contributed by atoms with van der Waals surface area (Å²) in [4.78, 5) is 12.6. The van der Waals surface area contributed by atoms with E-state index in [0.29, 0.717) is 0 Å². The molecule has 0 unspecified atom stereocenters. The van der Waals surface area contributed by atoms with Crippen LogP contribution in [0.15, 0.2) is 9.85 Å². The summed E-state index contributed by atoms with van der Waals surface area (Å²) >= 11 is 5.17. The van der Waals surface area contributed by atoms with Crippen molar-refractivity contribution in [1.29, 1.82) is 0 Å². The van der Waals surface area contributed by atoms with Crippen LogP contribution in [0, 0.1) is 6.92 Å². The maximum Gasteiger partial charge on any atom is 0.230 e. The Morgan fingerprint density at radius 3 is 2.90 bits per heavy atom. The van der Waals surface area contributed by atoms with E-state index in [4.69, 9.17) is 4.98 Å². The van der Waals surface area contributed by atoms with Gasteiger partial charge in [0.1, 0.15) is 10.7 Å². The molecular formula is C12H13BrN6S. The van der Waals surface area contributed by atoms with Gasteiger partial charge in [0.15, 0.2) is 5.65 Å². The molecule has 0 aliphatic carbocycles. The van der Waals surface area contributed by atoms with E-state index < -0.39 is 0 Å². The fourth-order valence-corrected chi connectivity index (χ4v) is 3.97. The molecule has 3 aromatic heterocycles. The van der Waals surface area contributed by atoms with Gasteiger partial charge in [-0.05, 0) is 28.9 Å². The van der Waals surface area contributed by atoms with Gasteiger partial charge in [-0.15, -0.1) is 16.4 Å². The Kier molecular flexibility index (Phi) is 2.90. The highest BCUT2D eigenvalue weighted by atomic mass is 79.9. The average Bonchev–Trinajstić information content (AvgIpc) is 3.00. The van der Waals surface area contributed by atoms with E-state index in [1.165, 1.54) is 0 Å². The van der Waals surface area contributed by atoms with Crippen LogP contribution in [0.1, 0.15) is 5.82 Å². The van der Waals surface area contributed by atoms with Crippen LogP contribution in [0.25, 0.3) is 15.9 Å². The normalized spacial score (nSPS) is 16.4. The van der Waals surface area contributed by atoms with Crippen molar-refractivity contribution in [3.05, 3.63) is 15.7 Å². The number of nitrogens with one attached hydrogen (secondary N) is 1. The first-order valence-electron chi connectivity index (χ1n) is 6.50. The summed E-state index contributed by atoms with van der Waals surface area (Å²) in [6.07, 6.45) is 0. The minimum atomic E-state index is 0.776. The fourth-order valence-electron chi connectivity index (χ4n) is 2.53. The van der Waals surface area contributed by atoms with Crippen molar-refractivity contribution < 1.29 is 0 Å². The van der Waals surface area contributed by atoms with Crippen LogP contribution in [0.5, 0.6) is 0 Å². The number of aromatic nitrogens is 4. The number of piperazine rings is 1. The number of fused-ring (bicyclic) bond motifs is 3. The Morgan fingerprint density at radius 2 is 2.10 bits per heavy atom. The topological polar surface area (TPSA) is 58.4 Å². The molecule has 0 saturated carbocycles. The molecule has 4 heterocycles. The third kappa shape index (κ3) is 1.90. The van der Waals surface area contributed by atoms with Crippen LogP contribution < -0.4 is 10.2 Å². The number of hydrogen-bond acceptors (Lipinski definition) is 6. The number of hydrogen-bond donors (Lipinski definition) is 1. The molecule has 0 aromatic carbocycles. The number of anilines is 1. The fraction of sp³-hybridized carbons (Fsp3) is 0.417. The van der Waals surface area contributed by atoms with Crippen LogP contribution in [0.4, 0.5) is 5.95 Å². The molecule has 0 spiro atoms. The monoisotopic (exact) mass is 352 g/mol. The largest absolute Gasteiger partial charge is 0.338 e. The summed E-state index contributed by atoms with van der Waals surface area (Å²) in [6.45, 7) is 5.76. The lowest BCUT2D eigenvalue weighted by atomic mass is 10.3. The minimum absolute atomic E-state index is 0.776. The van der Waals surface area contributed by atoms with E-state index in [0.717, 1.165) is 57.6 Å². The molecule has 6 nitrogen and oxygen atoms in total. The quantitative estimate of drug-likeness (QED) is 0.723. The minimum Gasteiger partial charge on any atom is -0.338 e. The lowest BCUT2D eigenvalue weighted by Gasteiger charge is -2.28. The highest BCUT2D eigenvalue weighted by Crippen LogP contribution is 2.32. The molecule has 8 heteroatoms. The molecule has 1 saturated heterocycles. The SMILES string of the molecule is Cc1nc2c3cc(Br)sc3nc(N3CCNCC3)n2n1. The van der Waals surface area contributed by atoms with Crippen molar-refractivity contribution in [2.24, 2.45) is 0 Å². The zero-order valence-electron chi connectivity index (χ0n) is 10.9. The highest BCUT2D eigenvalue weighted by molar-refractivity contribution is 9.11. The Labute approximate surface area is 127 Å². The number of halogens is 1. The van der Waals surface area contributed by atoms with Crippen LogP contribution in [-0.2, 0) is 0 Å².